The molecule has 3 nitrogen and oxygen atoms in total. The zero-order valence-corrected chi connectivity index (χ0v) is 14.7. The normalized spacial score (nSPS) is 41.5. The van der Waals surface area contributed by atoms with Crippen LogP contribution in [0.5, 0.6) is 0 Å². The monoisotopic (exact) mass is 308 g/mol. The first-order valence-corrected chi connectivity index (χ1v) is 9.10. The van der Waals surface area contributed by atoms with Gasteiger partial charge in [0, 0.05) is 6.42 Å². The zero-order valence-electron chi connectivity index (χ0n) is 14.7. The molecule has 0 aromatic rings. The van der Waals surface area contributed by atoms with Crippen LogP contribution in [0, 0.1) is 23.2 Å². The van der Waals surface area contributed by atoms with Crippen molar-refractivity contribution in [1.82, 2.24) is 0 Å². The lowest BCUT2D eigenvalue weighted by Gasteiger charge is -2.59. The van der Waals surface area contributed by atoms with E-state index < -0.39 is 5.60 Å². The molecule has 4 aliphatic rings. The fourth-order valence-electron chi connectivity index (χ4n) is 5.62. The molecule has 4 fully saturated rings. The van der Waals surface area contributed by atoms with Crippen molar-refractivity contribution in [3.63, 3.8) is 0 Å². The number of carbonyl (C=O) groups is 1. The predicted molar refractivity (Wildman–Crippen MR) is 86.3 cm³/mol. The van der Waals surface area contributed by atoms with Crippen LogP contribution < -0.4 is 0 Å². The highest BCUT2D eigenvalue weighted by Crippen LogP contribution is 2.59. The van der Waals surface area contributed by atoms with E-state index in [4.69, 9.17) is 4.74 Å². The van der Waals surface area contributed by atoms with Gasteiger partial charge in [-0.25, -0.2) is 0 Å². The second-order valence-corrected chi connectivity index (χ2v) is 9.41. The van der Waals surface area contributed by atoms with Gasteiger partial charge >= 0.3 is 5.97 Å². The van der Waals surface area contributed by atoms with Gasteiger partial charge in [-0.15, -0.1) is 0 Å². The standard InChI is InChI=1S/C19H32O3/c1-5-17(3,4)7-13(2)16(20)22-19-10-14-6-15(11-19)9-18(21,8-14)12-19/h13-15,21H,5-12H2,1-4H3. The van der Waals surface area contributed by atoms with Crippen LogP contribution in [0.25, 0.3) is 0 Å². The van der Waals surface area contributed by atoms with Crippen molar-refractivity contribution in [2.24, 2.45) is 23.2 Å². The average Bonchev–Trinajstić information content (AvgIpc) is 2.34. The summed E-state index contributed by atoms with van der Waals surface area (Å²) in [7, 11) is 0. The van der Waals surface area contributed by atoms with Gasteiger partial charge in [-0.05, 0) is 55.8 Å². The van der Waals surface area contributed by atoms with Gasteiger partial charge in [-0.3, -0.25) is 4.79 Å². The third kappa shape index (κ3) is 3.06. The lowest BCUT2D eigenvalue weighted by Crippen LogP contribution is -2.60. The lowest BCUT2D eigenvalue weighted by atomic mass is 9.52. The Morgan fingerprint density at radius 1 is 1.27 bits per heavy atom. The summed E-state index contributed by atoms with van der Waals surface area (Å²) in [5.41, 5.74) is -0.741. The highest BCUT2D eigenvalue weighted by molar-refractivity contribution is 5.72. The van der Waals surface area contributed by atoms with Crippen LogP contribution in [0.2, 0.25) is 0 Å². The van der Waals surface area contributed by atoms with Gasteiger partial charge in [0.15, 0.2) is 0 Å². The van der Waals surface area contributed by atoms with E-state index in [0.717, 1.165) is 38.5 Å². The Balaban J connectivity index is 1.66. The number of hydrogen-bond acceptors (Lipinski definition) is 3. The van der Waals surface area contributed by atoms with Crippen LogP contribution in [-0.2, 0) is 9.53 Å². The first-order chi connectivity index (χ1) is 10.1. The molecule has 0 saturated heterocycles. The Hall–Kier alpha value is -0.570. The largest absolute Gasteiger partial charge is 0.459 e. The Bertz CT molecular complexity index is 440. The fourth-order valence-corrected chi connectivity index (χ4v) is 5.62. The molecule has 126 valence electrons. The number of hydrogen-bond donors (Lipinski definition) is 1. The molecule has 3 atom stereocenters. The van der Waals surface area contributed by atoms with Gasteiger partial charge in [-0.1, -0.05) is 34.1 Å². The van der Waals surface area contributed by atoms with Crippen molar-refractivity contribution in [3.05, 3.63) is 0 Å². The van der Waals surface area contributed by atoms with E-state index in [1.54, 1.807) is 0 Å². The minimum atomic E-state index is -0.559. The number of ether oxygens (including phenoxy) is 1. The molecule has 0 heterocycles. The van der Waals surface area contributed by atoms with E-state index in [9.17, 15) is 9.90 Å². The van der Waals surface area contributed by atoms with E-state index >= 15 is 0 Å². The van der Waals surface area contributed by atoms with Crippen molar-refractivity contribution in [2.75, 3.05) is 0 Å². The molecule has 22 heavy (non-hydrogen) atoms. The Labute approximate surface area is 134 Å². The second-order valence-electron chi connectivity index (χ2n) is 9.41. The minimum absolute atomic E-state index is 0.0490. The number of aliphatic hydroxyl groups is 1. The summed E-state index contributed by atoms with van der Waals surface area (Å²) >= 11 is 0. The number of rotatable bonds is 5. The minimum Gasteiger partial charge on any atom is -0.459 e. The molecule has 4 aliphatic carbocycles. The molecule has 0 aliphatic heterocycles. The maximum Gasteiger partial charge on any atom is 0.309 e. The smallest absolute Gasteiger partial charge is 0.309 e. The second kappa shape index (κ2) is 5.22. The molecule has 0 radical (unpaired) electrons. The third-order valence-electron chi connectivity index (χ3n) is 6.51. The summed E-state index contributed by atoms with van der Waals surface area (Å²) in [6.45, 7) is 8.59. The van der Waals surface area contributed by atoms with Crippen molar-refractivity contribution in [3.8, 4) is 0 Å². The van der Waals surface area contributed by atoms with E-state index in [0.29, 0.717) is 18.3 Å². The van der Waals surface area contributed by atoms with Gasteiger partial charge in [0.1, 0.15) is 5.60 Å². The third-order valence-corrected chi connectivity index (χ3v) is 6.51. The Morgan fingerprint density at radius 3 is 2.36 bits per heavy atom. The lowest BCUT2D eigenvalue weighted by molar-refractivity contribution is -0.222. The molecule has 3 unspecified atom stereocenters. The molecule has 0 aromatic heterocycles. The summed E-state index contributed by atoms with van der Waals surface area (Å²) in [4.78, 5) is 12.6. The van der Waals surface area contributed by atoms with Gasteiger partial charge < -0.3 is 9.84 Å². The van der Waals surface area contributed by atoms with Crippen LogP contribution in [0.15, 0.2) is 0 Å². The first kappa shape index (κ1) is 16.3. The fraction of sp³-hybridized carbons (Fsp3) is 0.947. The summed E-state index contributed by atoms with van der Waals surface area (Å²) in [5.74, 6) is 1.01. The molecule has 0 aromatic carbocycles. The molecule has 4 rings (SSSR count). The van der Waals surface area contributed by atoms with Crippen LogP contribution in [0.4, 0.5) is 0 Å². The number of esters is 1. The maximum absolute atomic E-state index is 12.6. The van der Waals surface area contributed by atoms with Crippen LogP contribution in [0.1, 0.15) is 79.1 Å². The molecule has 3 heteroatoms. The first-order valence-electron chi connectivity index (χ1n) is 9.10. The Kier molecular flexibility index (Phi) is 3.87. The van der Waals surface area contributed by atoms with Crippen LogP contribution in [0.3, 0.4) is 0 Å². The average molecular weight is 308 g/mol. The summed E-state index contributed by atoms with van der Waals surface area (Å²) in [6, 6.07) is 0. The summed E-state index contributed by atoms with van der Waals surface area (Å²) in [6.07, 6.45) is 7.61. The maximum atomic E-state index is 12.6. The van der Waals surface area contributed by atoms with Crippen LogP contribution >= 0.6 is 0 Å². The molecule has 4 saturated carbocycles. The zero-order chi connectivity index (χ0) is 16.2. The van der Waals surface area contributed by atoms with Crippen LogP contribution in [-0.4, -0.2) is 22.3 Å². The quantitative estimate of drug-likeness (QED) is 0.779. The molecular weight excluding hydrogens is 276 g/mol. The topological polar surface area (TPSA) is 46.5 Å². The molecule has 0 spiro atoms. The highest BCUT2D eigenvalue weighted by Gasteiger charge is 2.59. The Morgan fingerprint density at radius 2 is 1.86 bits per heavy atom. The van der Waals surface area contributed by atoms with E-state index in [1.165, 1.54) is 6.42 Å². The van der Waals surface area contributed by atoms with Crippen molar-refractivity contribution < 1.29 is 14.6 Å². The van der Waals surface area contributed by atoms with Gasteiger partial charge in [0.25, 0.3) is 0 Å². The highest BCUT2D eigenvalue weighted by atomic mass is 16.6. The van der Waals surface area contributed by atoms with Gasteiger partial charge in [0.2, 0.25) is 0 Å². The number of carbonyl (C=O) groups excluding carboxylic acids is 1. The predicted octanol–water partition coefficient (Wildman–Crippen LogP) is 4.08. The van der Waals surface area contributed by atoms with Gasteiger partial charge in [0.05, 0.1) is 11.5 Å². The van der Waals surface area contributed by atoms with E-state index in [-0.39, 0.29) is 22.9 Å². The van der Waals surface area contributed by atoms with E-state index in [1.807, 2.05) is 6.92 Å². The summed E-state index contributed by atoms with van der Waals surface area (Å²) < 4.78 is 6.07. The van der Waals surface area contributed by atoms with Crippen molar-refractivity contribution in [1.29, 1.82) is 0 Å². The molecule has 0 amide bonds. The van der Waals surface area contributed by atoms with Gasteiger partial charge in [-0.2, -0.15) is 0 Å². The van der Waals surface area contributed by atoms with Crippen molar-refractivity contribution in [2.45, 2.75) is 90.3 Å². The molecule has 4 bridgehead atoms. The van der Waals surface area contributed by atoms with E-state index in [2.05, 4.69) is 20.8 Å². The molecular formula is C19H32O3. The SMILES string of the molecule is CCC(C)(C)CC(C)C(=O)OC12CC3CC(CC(O)(C3)C1)C2. The summed E-state index contributed by atoms with van der Waals surface area (Å²) in [5, 5.41) is 10.8. The van der Waals surface area contributed by atoms with Crippen molar-refractivity contribution >= 4 is 5.97 Å². The molecule has 1 N–H and O–H groups in total.